The van der Waals surface area contributed by atoms with Crippen molar-refractivity contribution in [1.82, 2.24) is 0 Å². The molecule has 1 aliphatic carbocycles. The number of anilines is 1. The molecule has 0 spiro atoms. The predicted molar refractivity (Wildman–Crippen MR) is 88.8 cm³/mol. The van der Waals surface area contributed by atoms with Gasteiger partial charge in [0.15, 0.2) is 0 Å². The average Bonchev–Trinajstić information content (AvgIpc) is 2.59. The van der Waals surface area contributed by atoms with Gasteiger partial charge in [0.25, 0.3) is 5.91 Å². The van der Waals surface area contributed by atoms with Crippen LogP contribution in [0, 0.1) is 0 Å². The topological polar surface area (TPSA) is 57.6 Å². The van der Waals surface area contributed by atoms with E-state index in [0.717, 1.165) is 19.3 Å². The number of carboxylic acids is 1. The van der Waals surface area contributed by atoms with Crippen molar-refractivity contribution in [3.63, 3.8) is 0 Å². The molecule has 0 radical (unpaired) electrons. The highest BCUT2D eigenvalue weighted by Gasteiger charge is 2.21. The molecule has 4 nitrogen and oxygen atoms in total. The van der Waals surface area contributed by atoms with Crippen LogP contribution in [-0.2, 0) is 17.6 Å². The summed E-state index contributed by atoms with van der Waals surface area (Å²) in [5, 5.41) is 9.14. The van der Waals surface area contributed by atoms with Crippen molar-refractivity contribution in [3.05, 3.63) is 65.2 Å². The van der Waals surface area contributed by atoms with Gasteiger partial charge in [-0.15, -0.1) is 0 Å². The number of nitrogens with zero attached hydrogens (tertiary/aromatic N) is 1. The van der Waals surface area contributed by atoms with Crippen molar-refractivity contribution in [1.29, 1.82) is 0 Å². The Hall–Kier alpha value is -2.62. The number of carbonyl (C=O) groups is 2. The smallest absolute Gasteiger partial charge is 0.323 e. The number of benzene rings is 2. The van der Waals surface area contributed by atoms with E-state index in [0.29, 0.717) is 11.3 Å². The van der Waals surface area contributed by atoms with Gasteiger partial charge in [0.05, 0.1) is 0 Å². The third kappa shape index (κ3) is 3.42. The maximum atomic E-state index is 12.8. The Morgan fingerprint density at radius 3 is 2.35 bits per heavy atom. The van der Waals surface area contributed by atoms with Gasteiger partial charge < -0.3 is 5.11 Å². The summed E-state index contributed by atoms with van der Waals surface area (Å²) in [7, 11) is 0. The Balaban J connectivity index is 1.93. The number of fused-ring (bicyclic) bond motifs is 1. The van der Waals surface area contributed by atoms with Crippen molar-refractivity contribution in [3.8, 4) is 0 Å². The van der Waals surface area contributed by atoms with Crippen LogP contribution in [0.5, 0.6) is 0 Å². The van der Waals surface area contributed by atoms with E-state index in [-0.39, 0.29) is 12.5 Å². The maximum absolute atomic E-state index is 12.8. The van der Waals surface area contributed by atoms with Crippen molar-refractivity contribution >= 4 is 17.6 Å². The van der Waals surface area contributed by atoms with Gasteiger partial charge in [0, 0.05) is 11.3 Å². The highest BCUT2D eigenvalue weighted by molar-refractivity contribution is 6.08. The Morgan fingerprint density at radius 1 is 0.957 bits per heavy atom. The first-order valence-electron chi connectivity index (χ1n) is 7.85. The molecule has 1 aliphatic rings. The normalized spacial score (nSPS) is 13.2. The number of amides is 1. The lowest BCUT2D eigenvalue weighted by atomic mass is 9.90. The summed E-state index contributed by atoms with van der Waals surface area (Å²) in [6.45, 7) is -0.347. The molecule has 0 saturated heterocycles. The van der Waals surface area contributed by atoms with Gasteiger partial charge in [0.1, 0.15) is 6.54 Å². The Bertz CT molecular complexity index is 725. The van der Waals surface area contributed by atoms with Gasteiger partial charge in [-0.1, -0.05) is 24.3 Å². The summed E-state index contributed by atoms with van der Waals surface area (Å²) in [4.78, 5) is 25.3. The number of para-hydroxylation sites is 1. The van der Waals surface area contributed by atoms with Crippen LogP contribution in [0.25, 0.3) is 0 Å². The van der Waals surface area contributed by atoms with Crippen LogP contribution in [0.15, 0.2) is 48.5 Å². The summed E-state index contributed by atoms with van der Waals surface area (Å²) in [5.41, 5.74) is 3.66. The molecule has 1 N–H and O–H groups in total. The molecule has 2 aromatic rings. The minimum Gasteiger partial charge on any atom is -0.480 e. The lowest BCUT2D eigenvalue weighted by molar-refractivity contribution is -0.135. The molecule has 0 unspecified atom stereocenters. The average molecular weight is 309 g/mol. The SMILES string of the molecule is O=C(O)CN(C(=O)c1ccc2c(c1)CCCC2)c1ccccc1. The molecule has 0 atom stereocenters. The molecule has 23 heavy (non-hydrogen) atoms. The van der Waals surface area contributed by atoms with Crippen LogP contribution in [0.2, 0.25) is 0 Å². The summed E-state index contributed by atoms with van der Waals surface area (Å²) in [5.74, 6) is -1.30. The van der Waals surface area contributed by atoms with Gasteiger partial charge >= 0.3 is 5.97 Å². The number of hydrogen-bond acceptors (Lipinski definition) is 2. The highest BCUT2D eigenvalue weighted by atomic mass is 16.4. The van der Waals surface area contributed by atoms with Crippen LogP contribution >= 0.6 is 0 Å². The summed E-state index contributed by atoms with van der Waals surface area (Å²) in [6.07, 6.45) is 4.37. The monoisotopic (exact) mass is 309 g/mol. The van der Waals surface area contributed by atoms with E-state index in [4.69, 9.17) is 5.11 Å². The zero-order valence-corrected chi connectivity index (χ0v) is 12.9. The second-order valence-electron chi connectivity index (χ2n) is 5.81. The van der Waals surface area contributed by atoms with Crippen LogP contribution < -0.4 is 4.90 Å². The lowest BCUT2D eigenvalue weighted by Gasteiger charge is -2.22. The summed E-state index contributed by atoms with van der Waals surface area (Å²) in [6, 6.07) is 14.7. The van der Waals surface area contributed by atoms with Gasteiger partial charge in [-0.25, -0.2) is 0 Å². The van der Waals surface area contributed by atoms with Crippen molar-refractivity contribution < 1.29 is 14.7 Å². The number of aryl methyl sites for hydroxylation is 2. The minimum atomic E-state index is -1.03. The van der Waals surface area contributed by atoms with E-state index < -0.39 is 5.97 Å². The minimum absolute atomic E-state index is 0.271. The summed E-state index contributed by atoms with van der Waals surface area (Å²) < 4.78 is 0. The molecule has 118 valence electrons. The lowest BCUT2D eigenvalue weighted by Crippen LogP contribution is -2.35. The van der Waals surface area contributed by atoms with Crippen LogP contribution in [-0.4, -0.2) is 23.5 Å². The largest absolute Gasteiger partial charge is 0.480 e. The molecule has 3 rings (SSSR count). The number of carbonyl (C=O) groups excluding carboxylic acids is 1. The van der Waals surface area contributed by atoms with Crippen LogP contribution in [0.4, 0.5) is 5.69 Å². The molecule has 4 heteroatoms. The number of aliphatic carboxylic acids is 1. The zero-order valence-electron chi connectivity index (χ0n) is 12.9. The summed E-state index contributed by atoms with van der Waals surface area (Å²) >= 11 is 0. The van der Waals surface area contributed by atoms with Crippen molar-refractivity contribution in [2.24, 2.45) is 0 Å². The molecule has 0 saturated carbocycles. The van der Waals surface area contributed by atoms with E-state index in [1.165, 1.54) is 22.4 Å². The van der Waals surface area contributed by atoms with Gasteiger partial charge in [-0.05, 0) is 61.1 Å². The van der Waals surface area contributed by atoms with Crippen molar-refractivity contribution in [2.45, 2.75) is 25.7 Å². The Kier molecular flexibility index (Phi) is 4.42. The van der Waals surface area contributed by atoms with Gasteiger partial charge in [0.2, 0.25) is 0 Å². The van der Waals surface area contributed by atoms with Crippen LogP contribution in [0.3, 0.4) is 0 Å². The third-order valence-electron chi connectivity index (χ3n) is 4.20. The molecular weight excluding hydrogens is 290 g/mol. The third-order valence-corrected chi connectivity index (χ3v) is 4.20. The van der Waals surface area contributed by atoms with E-state index in [9.17, 15) is 9.59 Å². The van der Waals surface area contributed by atoms with Crippen molar-refractivity contribution in [2.75, 3.05) is 11.4 Å². The Labute approximate surface area is 135 Å². The second kappa shape index (κ2) is 6.65. The first-order valence-corrected chi connectivity index (χ1v) is 7.85. The number of carboxylic acid groups (broad SMARTS) is 1. The molecular formula is C19H19NO3. The fraction of sp³-hybridized carbons (Fsp3) is 0.263. The van der Waals surface area contributed by atoms with E-state index in [1.54, 1.807) is 24.3 Å². The van der Waals surface area contributed by atoms with E-state index >= 15 is 0 Å². The molecule has 2 aromatic carbocycles. The molecule has 1 amide bonds. The van der Waals surface area contributed by atoms with Crippen LogP contribution in [0.1, 0.15) is 34.3 Å². The molecule has 0 aliphatic heterocycles. The number of rotatable bonds is 4. The zero-order chi connectivity index (χ0) is 16.2. The molecule has 0 heterocycles. The van der Waals surface area contributed by atoms with Gasteiger partial charge in [-0.2, -0.15) is 0 Å². The van der Waals surface area contributed by atoms with Gasteiger partial charge in [-0.3, -0.25) is 14.5 Å². The molecule has 0 bridgehead atoms. The number of hydrogen-bond donors (Lipinski definition) is 1. The van der Waals surface area contributed by atoms with E-state index in [2.05, 4.69) is 0 Å². The fourth-order valence-electron chi connectivity index (χ4n) is 3.05. The Morgan fingerprint density at radius 2 is 1.65 bits per heavy atom. The fourth-order valence-corrected chi connectivity index (χ4v) is 3.05. The predicted octanol–water partition coefficient (Wildman–Crippen LogP) is 3.30. The second-order valence-corrected chi connectivity index (χ2v) is 5.81. The quantitative estimate of drug-likeness (QED) is 0.942. The first-order chi connectivity index (χ1) is 11.1. The van der Waals surface area contributed by atoms with E-state index in [1.807, 2.05) is 24.3 Å². The molecule has 0 aromatic heterocycles. The molecule has 0 fully saturated rings. The maximum Gasteiger partial charge on any atom is 0.323 e. The standard InChI is InChI=1S/C19H19NO3/c21-18(22)13-20(17-8-2-1-3-9-17)19(23)16-11-10-14-6-4-5-7-15(14)12-16/h1-3,8-12H,4-7,13H2,(H,21,22). The highest BCUT2D eigenvalue weighted by Crippen LogP contribution is 2.24. The first kappa shape index (κ1) is 15.3.